The number of hydrogen-bond donors (Lipinski definition) is 2. The van der Waals surface area contributed by atoms with Gasteiger partial charge in [-0.1, -0.05) is 61.7 Å². The third kappa shape index (κ3) is 4.37. The van der Waals surface area contributed by atoms with Gasteiger partial charge in [-0.3, -0.25) is 0 Å². The van der Waals surface area contributed by atoms with Crippen molar-refractivity contribution in [1.29, 1.82) is 0 Å². The predicted molar refractivity (Wildman–Crippen MR) is 113 cm³/mol. The average molecular weight is 380 g/mol. The zero-order chi connectivity index (χ0) is 19.5. The number of nitrogens with zero attached hydrogens (tertiary/aromatic N) is 1. The van der Waals surface area contributed by atoms with E-state index in [4.69, 9.17) is 4.99 Å². The van der Waals surface area contributed by atoms with Crippen LogP contribution in [0.2, 0.25) is 0 Å². The van der Waals surface area contributed by atoms with Gasteiger partial charge in [0.1, 0.15) is 5.82 Å². The fourth-order valence-corrected chi connectivity index (χ4v) is 4.77. The Bertz CT molecular complexity index is 847. The highest BCUT2D eigenvalue weighted by molar-refractivity contribution is 5.83. The van der Waals surface area contributed by atoms with Crippen LogP contribution in [0.1, 0.15) is 55.3 Å². The quantitative estimate of drug-likeness (QED) is 0.774. The smallest absolute Gasteiger partial charge is 0.192 e. The molecule has 0 amide bonds. The van der Waals surface area contributed by atoms with E-state index >= 15 is 0 Å². The molecule has 1 heterocycles. The van der Waals surface area contributed by atoms with Gasteiger partial charge in [0.05, 0.1) is 18.6 Å². The number of halogens is 1. The van der Waals surface area contributed by atoms with Crippen molar-refractivity contribution in [2.75, 3.05) is 0 Å². The lowest BCUT2D eigenvalue weighted by Crippen LogP contribution is -2.38. The predicted octanol–water partition coefficient (Wildman–Crippen LogP) is 5.12. The molecule has 2 N–H and O–H groups in total. The van der Waals surface area contributed by atoms with Gasteiger partial charge in [-0.15, -0.1) is 0 Å². The number of aliphatic imine (C=N–C) groups is 1. The molecule has 3 nitrogen and oxygen atoms in total. The highest BCUT2D eigenvalue weighted by Gasteiger charge is 2.38. The summed E-state index contributed by atoms with van der Waals surface area (Å²) in [6.45, 7) is 4.99. The molecule has 4 atom stereocenters. The summed E-state index contributed by atoms with van der Waals surface area (Å²) in [7, 11) is 0. The lowest BCUT2D eigenvalue weighted by atomic mass is 9.76. The fraction of sp³-hybridized carbons (Fsp3) is 0.458. The molecule has 28 heavy (non-hydrogen) atoms. The van der Waals surface area contributed by atoms with Crippen molar-refractivity contribution in [3.05, 3.63) is 71.0 Å². The Hall–Kier alpha value is -2.36. The molecule has 0 radical (unpaired) electrons. The van der Waals surface area contributed by atoms with Crippen LogP contribution in [-0.2, 0) is 6.54 Å². The number of guanidine groups is 1. The van der Waals surface area contributed by atoms with Crippen molar-refractivity contribution in [3.63, 3.8) is 0 Å². The third-order valence-electron chi connectivity index (χ3n) is 6.15. The van der Waals surface area contributed by atoms with E-state index in [1.54, 1.807) is 12.1 Å². The molecule has 2 aromatic carbocycles. The summed E-state index contributed by atoms with van der Waals surface area (Å²) >= 11 is 0. The van der Waals surface area contributed by atoms with Crippen molar-refractivity contribution >= 4 is 5.96 Å². The first-order valence-electron chi connectivity index (χ1n) is 10.5. The van der Waals surface area contributed by atoms with E-state index in [1.807, 2.05) is 6.07 Å². The Morgan fingerprint density at radius 2 is 1.93 bits per heavy atom. The summed E-state index contributed by atoms with van der Waals surface area (Å²) in [5, 5.41) is 7.31. The second kappa shape index (κ2) is 8.34. The molecule has 4 heteroatoms. The minimum Gasteiger partial charge on any atom is -0.351 e. The maximum absolute atomic E-state index is 13.5. The molecular weight excluding hydrogens is 349 g/mol. The SMILES string of the molecule is Cc1cccc([C@@H]2NC(=NCc3cccc(F)c3)N[C@@H]2C2CCC[C@H](C)C2)c1. The largest absolute Gasteiger partial charge is 0.351 e. The van der Waals surface area contributed by atoms with E-state index < -0.39 is 0 Å². The van der Waals surface area contributed by atoms with Gasteiger partial charge in [-0.05, 0) is 54.9 Å². The van der Waals surface area contributed by atoms with Gasteiger partial charge >= 0.3 is 0 Å². The first-order valence-corrected chi connectivity index (χ1v) is 10.5. The molecule has 1 unspecified atom stereocenters. The molecule has 4 rings (SSSR count). The van der Waals surface area contributed by atoms with Crippen LogP contribution in [0.4, 0.5) is 4.39 Å². The summed E-state index contributed by atoms with van der Waals surface area (Å²) in [4.78, 5) is 4.72. The average Bonchev–Trinajstić information content (AvgIpc) is 3.11. The van der Waals surface area contributed by atoms with Crippen LogP contribution < -0.4 is 10.6 Å². The van der Waals surface area contributed by atoms with E-state index in [-0.39, 0.29) is 11.9 Å². The minimum absolute atomic E-state index is 0.211. The summed E-state index contributed by atoms with van der Waals surface area (Å²) in [6.07, 6.45) is 5.18. The number of benzene rings is 2. The van der Waals surface area contributed by atoms with Crippen LogP contribution in [0.3, 0.4) is 0 Å². The number of hydrogen-bond acceptors (Lipinski definition) is 1. The van der Waals surface area contributed by atoms with Gasteiger partial charge in [-0.2, -0.15) is 0 Å². The Morgan fingerprint density at radius 3 is 2.71 bits per heavy atom. The van der Waals surface area contributed by atoms with Crippen LogP contribution >= 0.6 is 0 Å². The summed E-state index contributed by atoms with van der Waals surface area (Å²) < 4.78 is 13.5. The standard InChI is InChI=1S/C24H30FN3/c1-16-6-3-9-19(12-16)22-23(20-10-4-7-17(2)13-20)28-24(27-22)26-15-18-8-5-11-21(25)14-18/h3,5-6,8-9,11-12,14,17,20,22-23H,4,7,10,13,15H2,1-2H3,(H2,26,27,28)/t17-,20?,22-,23+/m0/s1. The molecule has 148 valence electrons. The maximum Gasteiger partial charge on any atom is 0.192 e. The van der Waals surface area contributed by atoms with Crippen LogP contribution in [0.5, 0.6) is 0 Å². The molecule has 0 aromatic heterocycles. The Labute approximate surface area is 167 Å². The molecule has 2 fully saturated rings. The van der Waals surface area contributed by atoms with E-state index in [9.17, 15) is 4.39 Å². The monoisotopic (exact) mass is 379 g/mol. The molecular formula is C24H30FN3. The topological polar surface area (TPSA) is 36.4 Å². The first kappa shape index (κ1) is 19.0. The second-order valence-electron chi connectivity index (χ2n) is 8.53. The fourth-order valence-electron chi connectivity index (χ4n) is 4.77. The van der Waals surface area contributed by atoms with Crippen molar-refractivity contribution in [2.45, 2.75) is 58.2 Å². The summed E-state index contributed by atoms with van der Waals surface area (Å²) in [5.74, 6) is 2.05. The molecule has 1 saturated heterocycles. The number of rotatable bonds is 4. The molecule has 0 spiro atoms. The van der Waals surface area contributed by atoms with Crippen molar-refractivity contribution in [1.82, 2.24) is 10.6 Å². The van der Waals surface area contributed by atoms with E-state index in [0.29, 0.717) is 18.5 Å². The van der Waals surface area contributed by atoms with Gasteiger partial charge in [-0.25, -0.2) is 9.38 Å². The van der Waals surface area contributed by atoms with Gasteiger partial charge in [0.25, 0.3) is 0 Å². The Morgan fingerprint density at radius 1 is 1.07 bits per heavy atom. The van der Waals surface area contributed by atoms with E-state index in [2.05, 4.69) is 48.7 Å². The summed E-state index contributed by atoms with van der Waals surface area (Å²) in [5.41, 5.74) is 3.48. The molecule has 0 bridgehead atoms. The molecule has 2 aromatic rings. The Balaban J connectivity index is 1.56. The van der Waals surface area contributed by atoms with Gasteiger partial charge in [0.2, 0.25) is 0 Å². The van der Waals surface area contributed by atoms with Crippen LogP contribution in [-0.4, -0.2) is 12.0 Å². The van der Waals surface area contributed by atoms with Crippen molar-refractivity contribution in [2.24, 2.45) is 16.8 Å². The molecule has 1 aliphatic carbocycles. The van der Waals surface area contributed by atoms with Gasteiger partial charge in [0, 0.05) is 0 Å². The molecule has 1 aliphatic heterocycles. The zero-order valence-electron chi connectivity index (χ0n) is 16.8. The number of nitrogens with one attached hydrogen (secondary N) is 2. The first-order chi connectivity index (χ1) is 13.6. The number of aryl methyl sites for hydroxylation is 1. The Kier molecular flexibility index (Phi) is 5.65. The van der Waals surface area contributed by atoms with Crippen LogP contribution in [0.15, 0.2) is 53.5 Å². The lowest BCUT2D eigenvalue weighted by Gasteiger charge is -2.33. The zero-order valence-corrected chi connectivity index (χ0v) is 16.8. The van der Waals surface area contributed by atoms with Crippen molar-refractivity contribution < 1.29 is 4.39 Å². The van der Waals surface area contributed by atoms with Gasteiger partial charge < -0.3 is 10.6 Å². The van der Waals surface area contributed by atoms with Crippen LogP contribution in [0, 0.1) is 24.6 Å². The van der Waals surface area contributed by atoms with E-state index in [0.717, 1.165) is 17.4 Å². The summed E-state index contributed by atoms with van der Waals surface area (Å²) in [6, 6.07) is 16.0. The van der Waals surface area contributed by atoms with Gasteiger partial charge in [0.15, 0.2) is 5.96 Å². The van der Waals surface area contributed by atoms with E-state index in [1.165, 1.54) is 42.9 Å². The third-order valence-corrected chi connectivity index (χ3v) is 6.15. The van der Waals surface area contributed by atoms with Crippen molar-refractivity contribution in [3.8, 4) is 0 Å². The molecule has 1 saturated carbocycles. The normalized spacial score (nSPS) is 28.8. The molecule has 2 aliphatic rings. The highest BCUT2D eigenvalue weighted by Crippen LogP contribution is 2.37. The highest BCUT2D eigenvalue weighted by atomic mass is 19.1. The van der Waals surface area contributed by atoms with Crippen LogP contribution in [0.25, 0.3) is 0 Å². The lowest BCUT2D eigenvalue weighted by molar-refractivity contribution is 0.224. The maximum atomic E-state index is 13.5. The minimum atomic E-state index is -0.211. The second-order valence-corrected chi connectivity index (χ2v) is 8.53.